The van der Waals surface area contributed by atoms with Crippen LogP contribution in [0.3, 0.4) is 0 Å². The van der Waals surface area contributed by atoms with Crippen LogP contribution in [-0.2, 0) is 10.0 Å². The van der Waals surface area contributed by atoms with E-state index in [4.69, 9.17) is 0 Å². The maximum atomic E-state index is 13.3. The number of nitrogens with zero attached hydrogens (tertiary/aromatic N) is 3. The molecule has 4 rings (SSSR count). The van der Waals surface area contributed by atoms with E-state index in [0.29, 0.717) is 24.6 Å². The van der Waals surface area contributed by atoms with Gasteiger partial charge in [0, 0.05) is 25.2 Å². The molecule has 1 aromatic heterocycles. The number of benzene rings is 2. The second-order valence-corrected chi connectivity index (χ2v) is 9.96. The maximum absolute atomic E-state index is 13.3. The fraction of sp³-hybridized carbons (Fsp3) is 0.381. The van der Waals surface area contributed by atoms with Crippen molar-refractivity contribution in [2.24, 2.45) is 5.92 Å². The Labute approximate surface area is 180 Å². The molecular formula is C21H25N5O4S. The van der Waals surface area contributed by atoms with Crippen molar-refractivity contribution in [1.82, 2.24) is 14.3 Å². The van der Waals surface area contributed by atoms with Gasteiger partial charge in [0.15, 0.2) is 0 Å². The average molecular weight is 444 g/mol. The van der Waals surface area contributed by atoms with Gasteiger partial charge >= 0.3 is 0 Å². The van der Waals surface area contributed by atoms with Crippen LogP contribution >= 0.6 is 0 Å². The number of rotatable bonds is 7. The number of hydrogen-bond acceptors (Lipinski definition) is 6. The molecule has 0 bridgehead atoms. The maximum Gasteiger partial charge on any atom is 0.270 e. The molecular weight excluding hydrogens is 418 g/mol. The van der Waals surface area contributed by atoms with E-state index < -0.39 is 14.9 Å². The van der Waals surface area contributed by atoms with Crippen molar-refractivity contribution in [3.05, 3.63) is 58.4 Å². The Morgan fingerprint density at radius 3 is 2.52 bits per heavy atom. The summed E-state index contributed by atoms with van der Waals surface area (Å²) < 4.78 is 28.0. The first-order valence-corrected chi connectivity index (χ1v) is 11.7. The molecule has 2 N–H and O–H groups in total. The fourth-order valence-electron chi connectivity index (χ4n) is 3.86. The first kappa shape index (κ1) is 21.3. The number of aromatic amines is 1. The summed E-state index contributed by atoms with van der Waals surface area (Å²) >= 11 is 0. The van der Waals surface area contributed by atoms with Gasteiger partial charge in [-0.2, -0.15) is 4.31 Å². The summed E-state index contributed by atoms with van der Waals surface area (Å²) in [7, 11) is -3.87. The molecule has 1 saturated heterocycles. The van der Waals surface area contributed by atoms with Crippen LogP contribution in [0.4, 0.5) is 11.4 Å². The Hall–Kier alpha value is -2.98. The zero-order chi connectivity index (χ0) is 22.2. The van der Waals surface area contributed by atoms with Gasteiger partial charge < -0.3 is 10.3 Å². The third-order valence-electron chi connectivity index (χ3n) is 5.54. The molecule has 2 aromatic carbocycles. The quantitative estimate of drug-likeness (QED) is 0.419. The van der Waals surface area contributed by atoms with Gasteiger partial charge in [-0.15, -0.1) is 0 Å². The van der Waals surface area contributed by atoms with Crippen LogP contribution < -0.4 is 5.32 Å². The molecule has 0 radical (unpaired) electrons. The molecule has 1 fully saturated rings. The monoisotopic (exact) mass is 443 g/mol. The summed E-state index contributed by atoms with van der Waals surface area (Å²) in [5.41, 5.74) is 1.78. The standard InChI is InChI=1S/C21H25N5O4S/c1-14(2)20(21-23-16-7-3-4-8-17(16)24-21)22-18-10-9-15(26(27)28)13-19(18)31(29,30)25-11-5-6-12-25/h3-4,7-10,13-14,20,22H,5-6,11-12H2,1-2H3,(H,23,24)/t20-/m1/s1. The molecule has 1 atom stereocenters. The number of para-hydroxylation sites is 2. The largest absolute Gasteiger partial charge is 0.374 e. The molecule has 0 saturated carbocycles. The molecule has 3 aromatic rings. The van der Waals surface area contributed by atoms with E-state index in [-0.39, 0.29) is 22.5 Å². The SMILES string of the molecule is CC(C)[C@@H](Nc1ccc([N+](=O)[O-])cc1S(=O)(=O)N1CCCC1)c1nc2ccccc2[nH]1. The van der Waals surface area contributed by atoms with Gasteiger partial charge in [-0.05, 0) is 37.0 Å². The van der Waals surface area contributed by atoms with Crippen molar-refractivity contribution >= 4 is 32.4 Å². The lowest BCUT2D eigenvalue weighted by atomic mass is 10.0. The number of anilines is 1. The number of nitro benzene ring substituents is 1. The zero-order valence-corrected chi connectivity index (χ0v) is 18.2. The van der Waals surface area contributed by atoms with Gasteiger partial charge in [-0.25, -0.2) is 13.4 Å². The summed E-state index contributed by atoms with van der Waals surface area (Å²) in [6.07, 6.45) is 1.56. The molecule has 1 aliphatic heterocycles. The van der Waals surface area contributed by atoms with Crippen molar-refractivity contribution in [1.29, 1.82) is 0 Å². The molecule has 0 aliphatic carbocycles. The molecule has 0 unspecified atom stereocenters. The van der Waals surface area contributed by atoms with E-state index in [9.17, 15) is 18.5 Å². The highest BCUT2D eigenvalue weighted by Crippen LogP contribution is 2.34. The van der Waals surface area contributed by atoms with Crippen LogP contribution in [0.2, 0.25) is 0 Å². The second-order valence-electron chi connectivity index (χ2n) is 8.05. The Balaban J connectivity index is 1.77. The minimum atomic E-state index is -3.87. The lowest BCUT2D eigenvalue weighted by molar-refractivity contribution is -0.385. The van der Waals surface area contributed by atoms with Crippen molar-refractivity contribution in [2.75, 3.05) is 18.4 Å². The average Bonchev–Trinajstić information content (AvgIpc) is 3.41. The highest BCUT2D eigenvalue weighted by molar-refractivity contribution is 7.89. The molecule has 1 aliphatic rings. The highest BCUT2D eigenvalue weighted by atomic mass is 32.2. The number of sulfonamides is 1. The van der Waals surface area contributed by atoms with Crippen LogP contribution in [0.5, 0.6) is 0 Å². The van der Waals surface area contributed by atoms with Crippen molar-refractivity contribution in [3.8, 4) is 0 Å². The molecule has 10 heteroatoms. The lowest BCUT2D eigenvalue weighted by Crippen LogP contribution is -2.29. The van der Waals surface area contributed by atoms with Gasteiger partial charge in [0.25, 0.3) is 5.69 Å². The lowest BCUT2D eigenvalue weighted by Gasteiger charge is -2.24. The number of aromatic nitrogens is 2. The van der Waals surface area contributed by atoms with Gasteiger partial charge in [0.05, 0.1) is 27.7 Å². The van der Waals surface area contributed by atoms with E-state index in [1.807, 2.05) is 38.1 Å². The smallest absolute Gasteiger partial charge is 0.270 e. The van der Waals surface area contributed by atoms with Crippen LogP contribution in [0.1, 0.15) is 38.6 Å². The molecule has 0 spiro atoms. The fourth-order valence-corrected chi connectivity index (χ4v) is 5.55. The van der Waals surface area contributed by atoms with Crippen molar-refractivity contribution in [3.63, 3.8) is 0 Å². The van der Waals surface area contributed by atoms with Gasteiger partial charge in [-0.3, -0.25) is 10.1 Å². The van der Waals surface area contributed by atoms with E-state index in [0.717, 1.165) is 29.9 Å². The zero-order valence-electron chi connectivity index (χ0n) is 17.4. The first-order valence-electron chi connectivity index (χ1n) is 10.3. The summed E-state index contributed by atoms with van der Waals surface area (Å²) in [5, 5.41) is 14.6. The minimum absolute atomic E-state index is 0.0677. The summed E-state index contributed by atoms with van der Waals surface area (Å²) in [4.78, 5) is 18.6. The van der Waals surface area contributed by atoms with E-state index >= 15 is 0 Å². The summed E-state index contributed by atoms with van der Waals surface area (Å²) in [6.45, 7) is 4.85. The molecule has 164 valence electrons. The third-order valence-corrected chi connectivity index (χ3v) is 7.48. The Morgan fingerprint density at radius 1 is 1.16 bits per heavy atom. The van der Waals surface area contributed by atoms with Crippen molar-refractivity contribution in [2.45, 2.75) is 37.6 Å². The number of hydrogen-bond donors (Lipinski definition) is 2. The summed E-state index contributed by atoms with van der Waals surface area (Å²) in [5.74, 6) is 0.747. The number of nitrogens with one attached hydrogen (secondary N) is 2. The predicted octanol–water partition coefficient (Wildman–Crippen LogP) is 4.06. The van der Waals surface area contributed by atoms with Crippen LogP contribution in [0, 0.1) is 16.0 Å². The van der Waals surface area contributed by atoms with Gasteiger partial charge in [0.1, 0.15) is 10.7 Å². The Kier molecular flexibility index (Phi) is 5.67. The Bertz CT molecular complexity index is 1180. The van der Waals surface area contributed by atoms with Crippen molar-refractivity contribution < 1.29 is 13.3 Å². The second kappa shape index (κ2) is 8.27. The normalized spacial score (nSPS) is 16.1. The third kappa shape index (κ3) is 4.13. The minimum Gasteiger partial charge on any atom is -0.374 e. The Morgan fingerprint density at radius 2 is 1.87 bits per heavy atom. The number of imidazole rings is 1. The molecule has 2 heterocycles. The van der Waals surface area contributed by atoms with Gasteiger partial charge in [0.2, 0.25) is 10.0 Å². The van der Waals surface area contributed by atoms with E-state index in [1.54, 1.807) is 0 Å². The molecule has 0 amide bonds. The first-order chi connectivity index (χ1) is 14.8. The van der Waals surface area contributed by atoms with E-state index in [1.165, 1.54) is 16.4 Å². The van der Waals surface area contributed by atoms with Crippen LogP contribution in [0.25, 0.3) is 11.0 Å². The van der Waals surface area contributed by atoms with Crippen LogP contribution in [-0.4, -0.2) is 40.7 Å². The number of H-pyrrole nitrogens is 1. The van der Waals surface area contributed by atoms with E-state index in [2.05, 4.69) is 15.3 Å². The summed E-state index contributed by atoms with van der Waals surface area (Å²) in [6, 6.07) is 11.3. The topological polar surface area (TPSA) is 121 Å². The number of fused-ring (bicyclic) bond motifs is 1. The number of nitro groups is 1. The highest BCUT2D eigenvalue weighted by Gasteiger charge is 2.32. The molecule has 9 nitrogen and oxygen atoms in total. The molecule has 31 heavy (non-hydrogen) atoms. The predicted molar refractivity (Wildman–Crippen MR) is 118 cm³/mol. The van der Waals surface area contributed by atoms with Gasteiger partial charge in [-0.1, -0.05) is 26.0 Å². The number of non-ortho nitro benzene ring substituents is 1. The van der Waals surface area contributed by atoms with Crippen LogP contribution in [0.15, 0.2) is 47.4 Å².